The Morgan fingerprint density at radius 3 is 2.75 bits per heavy atom. The molecule has 0 radical (unpaired) electrons. The Balaban J connectivity index is 1.98. The zero-order valence-electron chi connectivity index (χ0n) is 8.14. The molecule has 1 fully saturated rings. The molecule has 2 rings (SSSR count). The SMILES string of the molecule is CC(C)C1C2CC#CCCCC21. The average Bonchev–Trinajstić information content (AvgIpc) is 2.60. The van der Waals surface area contributed by atoms with Gasteiger partial charge in [0.05, 0.1) is 0 Å². The van der Waals surface area contributed by atoms with Crippen LogP contribution in [0.5, 0.6) is 0 Å². The van der Waals surface area contributed by atoms with Crippen molar-refractivity contribution in [2.75, 3.05) is 0 Å². The molecule has 66 valence electrons. The highest BCUT2D eigenvalue weighted by molar-refractivity contribution is 5.10. The molecular formula is C12H18. The monoisotopic (exact) mass is 162 g/mol. The van der Waals surface area contributed by atoms with E-state index in [0.29, 0.717) is 0 Å². The fraction of sp³-hybridized carbons (Fsp3) is 0.833. The lowest BCUT2D eigenvalue weighted by Gasteiger charge is -2.01. The average molecular weight is 162 g/mol. The van der Waals surface area contributed by atoms with Crippen LogP contribution in [0.1, 0.15) is 39.5 Å². The van der Waals surface area contributed by atoms with Crippen LogP contribution in [0.3, 0.4) is 0 Å². The molecule has 0 nitrogen and oxygen atoms in total. The third-order valence-corrected chi connectivity index (χ3v) is 3.47. The van der Waals surface area contributed by atoms with E-state index in [1.807, 2.05) is 0 Å². The lowest BCUT2D eigenvalue weighted by atomic mass is 10.0. The quantitative estimate of drug-likeness (QED) is 0.520. The smallest absolute Gasteiger partial charge is 0.0123 e. The minimum atomic E-state index is 0.889. The van der Waals surface area contributed by atoms with Gasteiger partial charge in [-0.3, -0.25) is 0 Å². The number of hydrogen-bond acceptors (Lipinski definition) is 0. The van der Waals surface area contributed by atoms with Gasteiger partial charge in [-0.2, -0.15) is 0 Å². The van der Waals surface area contributed by atoms with Crippen LogP contribution in [0.25, 0.3) is 0 Å². The molecule has 3 atom stereocenters. The Labute approximate surface area is 75.7 Å². The van der Waals surface area contributed by atoms with Gasteiger partial charge in [-0.15, -0.1) is 11.8 Å². The molecule has 2 aliphatic rings. The number of rotatable bonds is 1. The Morgan fingerprint density at radius 1 is 1.17 bits per heavy atom. The van der Waals surface area contributed by atoms with Gasteiger partial charge in [0.2, 0.25) is 0 Å². The third-order valence-electron chi connectivity index (χ3n) is 3.47. The highest BCUT2D eigenvalue weighted by atomic mass is 14.5. The summed E-state index contributed by atoms with van der Waals surface area (Å²) in [6.45, 7) is 4.73. The van der Waals surface area contributed by atoms with Crippen LogP contribution in [-0.4, -0.2) is 0 Å². The van der Waals surface area contributed by atoms with E-state index in [2.05, 4.69) is 25.7 Å². The van der Waals surface area contributed by atoms with E-state index in [0.717, 1.165) is 30.1 Å². The van der Waals surface area contributed by atoms with Crippen molar-refractivity contribution in [2.45, 2.75) is 39.5 Å². The van der Waals surface area contributed by atoms with Gasteiger partial charge in [-0.25, -0.2) is 0 Å². The summed E-state index contributed by atoms with van der Waals surface area (Å²) in [4.78, 5) is 0. The predicted molar refractivity (Wildman–Crippen MR) is 51.6 cm³/mol. The van der Waals surface area contributed by atoms with Crippen LogP contribution in [0, 0.1) is 35.5 Å². The highest BCUT2D eigenvalue weighted by Gasteiger charge is 2.49. The van der Waals surface area contributed by atoms with E-state index in [9.17, 15) is 0 Å². The normalized spacial score (nSPS) is 39.1. The maximum atomic E-state index is 3.31. The summed E-state index contributed by atoms with van der Waals surface area (Å²) in [6, 6.07) is 0. The first-order valence-corrected chi connectivity index (χ1v) is 5.26. The second-order valence-corrected chi connectivity index (χ2v) is 4.60. The van der Waals surface area contributed by atoms with Crippen LogP contribution < -0.4 is 0 Å². The molecule has 0 bridgehead atoms. The number of fused-ring (bicyclic) bond motifs is 1. The first kappa shape index (κ1) is 8.17. The molecule has 0 aliphatic heterocycles. The van der Waals surface area contributed by atoms with Crippen molar-refractivity contribution in [3.8, 4) is 11.8 Å². The van der Waals surface area contributed by atoms with Crippen LogP contribution in [0.15, 0.2) is 0 Å². The maximum absolute atomic E-state index is 3.31. The fourth-order valence-electron chi connectivity index (χ4n) is 2.86. The van der Waals surface area contributed by atoms with Gasteiger partial charge < -0.3 is 0 Å². The van der Waals surface area contributed by atoms with E-state index < -0.39 is 0 Å². The highest BCUT2D eigenvalue weighted by Crippen LogP contribution is 2.55. The molecule has 3 unspecified atom stereocenters. The third kappa shape index (κ3) is 1.38. The zero-order chi connectivity index (χ0) is 8.55. The second kappa shape index (κ2) is 3.13. The van der Waals surface area contributed by atoms with Crippen molar-refractivity contribution in [3.05, 3.63) is 0 Å². The summed E-state index contributed by atoms with van der Waals surface area (Å²) in [5.74, 6) is 10.5. The Morgan fingerprint density at radius 2 is 2.00 bits per heavy atom. The van der Waals surface area contributed by atoms with Crippen molar-refractivity contribution < 1.29 is 0 Å². The van der Waals surface area contributed by atoms with Crippen molar-refractivity contribution >= 4 is 0 Å². The van der Waals surface area contributed by atoms with E-state index in [1.165, 1.54) is 19.3 Å². The lowest BCUT2D eigenvalue weighted by molar-refractivity contribution is 0.491. The molecule has 1 saturated carbocycles. The molecular weight excluding hydrogens is 144 g/mol. The first-order valence-electron chi connectivity index (χ1n) is 5.26. The molecule has 2 aliphatic carbocycles. The van der Waals surface area contributed by atoms with Crippen molar-refractivity contribution in [3.63, 3.8) is 0 Å². The van der Waals surface area contributed by atoms with E-state index in [1.54, 1.807) is 0 Å². The largest absolute Gasteiger partial charge is 0.103 e. The summed E-state index contributed by atoms with van der Waals surface area (Å²) >= 11 is 0. The summed E-state index contributed by atoms with van der Waals surface area (Å²) in [6.07, 6.45) is 5.13. The second-order valence-electron chi connectivity index (χ2n) is 4.60. The molecule has 0 aromatic heterocycles. The molecule has 0 aromatic rings. The van der Waals surface area contributed by atoms with E-state index >= 15 is 0 Å². The van der Waals surface area contributed by atoms with Gasteiger partial charge in [0.15, 0.2) is 0 Å². The van der Waals surface area contributed by atoms with Crippen molar-refractivity contribution in [1.29, 1.82) is 0 Å². The first-order chi connectivity index (χ1) is 5.80. The van der Waals surface area contributed by atoms with Crippen LogP contribution in [-0.2, 0) is 0 Å². The minimum absolute atomic E-state index is 0.889. The Bertz CT molecular complexity index is 216. The molecule has 0 N–H and O–H groups in total. The van der Waals surface area contributed by atoms with Crippen molar-refractivity contribution in [2.24, 2.45) is 23.7 Å². The lowest BCUT2D eigenvalue weighted by Crippen LogP contribution is -1.93. The van der Waals surface area contributed by atoms with E-state index in [4.69, 9.17) is 0 Å². The predicted octanol–water partition coefficient (Wildman–Crippen LogP) is 3.08. The maximum Gasteiger partial charge on any atom is 0.0123 e. The summed E-state index contributed by atoms with van der Waals surface area (Å²) in [5.41, 5.74) is 0. The van der Waals surface area contributed by atoms with Crippen LogP contribution >= 0.6 is 0 Å². The Kier molecular flexibility index (Phi) is 2.13. The molecule has 0 aromatic carbocycles. The molecule has 12 heavy (non-hydrogen) atoms. The van der Waals surface area contributed by atoms with E-state index in [-0.39, 0.29) is 0 Å². The Hall–Kier alpha value is -0.440. The van der Waals surface area contributed by atoms with Crippen LogP contribution in [0.4, 0.5) is 0 Å². The van der Waals surface area contributed by atoms with Gasteiger partial charge in [0.25, 0.3) is 0 Å². The van der Waals surface area contributed by atoms with Gasteiger partial charge >= 0.3 is 0 Å². The molecule has 0 amide bonds. The van der Waals surface area contributed by atoms with Gasteiger partial charge in [-0.05, 0) is 36.5 Å². The van der Waals surface area contributed by atoms with Crippen molar-refractivity contribution in [1.82, 2.24) is 0 Å². The molecule has 0 heterocycles. The summed E-state index contributed by atoms with van der Waals surface area (Å²) < 4.78 is 0. The standard InChI is InChI=1S/C12H18/c1-9(2)12-10-7-5-3-4-6-8-11(10)12/h9-12H,3,5,7-8H2,1-2H3. The van der Waals surface area contributed by atoms with Gasteiger partial charge in [0, 0.05) is 12.8 Å². The zero-order valence-corrected chi connectivity index (χ0v) is 8.14. The topological polar surface area (TPSA) is 0 Å². The van der Waals surface area contributed by atoms with Crippen LogP contribution in [0.2, 0.25) is 0 Å². The minimum Gasteiger partial charge on any atom is -0.103 e. The van der Waals surface area contributed by atoms with Gasteiger partial charge in [0.1, 0.15) is 0 Å². The summed E-state index contributed by atoms with van der Waals surface area (Å²) in [7, 11) is 0. The summed E-state index contributed by atoms with van der Waals surface area (Å²) in [5, 5.41) is 0. The van der Waals surface area contributed by atoms with Gasteiger partial charge in [-0.1, -0.05) is 13.8 Å². The number of hydrogen-bond donors (Lipinski definition) is 0. The molecule has 0 saturated heterocycles. The fourth-order valence-corrected chi connectivity index (χ4v) is 2.86. The molecule has 0 heteroatoms. The molecule has 0 spiro atoms.